The van der Waals surface area contributed by atoms with Gasteiger partial charge in [0.2, 0.25) is 0 Å². The average Bonchev–Trinajstić information content (AvgIpc) is 2.49. The predicted molar refractivity (Wildman–Crippen MR) is 80.5 cm³/mol. The molecular formula is C18H18O3. The number of aliphatic hydroxyl groups excluding tert-OH is 1. The third kappa shape index (κ3) is 2.69. The average molecular weight is 282 g/mol. The lowest BCUT2D eigenvalue weighted by molar-refractivity contribution is -0.116. The molecule has 2 aromatic carbocycles. The molecule has 0 aliphatic heterocycles. The van der Waals surface area contributed by atoms with Crippen molar-refractivity contribution in [3.8, 4) is 11.5 Å². The Morgan fingerprint density at radius 1 is 1.10 bits per heavy atom. The van der Waals surface area contributed by atoms with Crippen LogP contribution in [0, 0.1) is 5.92 Å². The minimum absolute atomic E-state index is 0.0616. The summed E-state index contributed by atoms with van der Waals surface area (Å²) in [7, 11) is 0. The lowest BCUT2D eigenvalue weighted by atomic mass is 9.59. The van der Waals surface area contributed by atoms with Crippen molar-refractivity contribution in [2.24, 2.45) is 5.92 Å². The SMILES string of the molecule is O=CC1CC(CO)(c2cccc(Oc3ccccc3)c2)C1. The third-order valence-electron chi connectivity index (χ3n) is 4.23. The highest BCUT2D eigenvalue weighted by Gasteiger charge is 2.45. The maximum absolute atomic E-state index is 10.8. The molecular weight excluding hydrogens is 264 g/mol. The highest BCUT2D eigenvalue weighted by atomic mass is 16.5. The largest absolute Gasteiger partial charge is 0.457 e. The molecule has 0 bridgehead atoms. The highest BCUT2D eigenvalue weighted by Crippen LogP contribution is 2.47. The lowest BCUT2D eigenvalue weighted by Crippen LogP contribution is -2.44. The molecule has 0 unspecified atom stereocenters. The van der Waals surface area contributed by atoms with Crippen LogP contribution >= 0.6 is 0 Å². The van der Waals surface area contributed by atoms with Crippen LogP contribution in [0.3, 0.4) is 0 Å². The van der Waals surface area contributed by atoms with E-state index < -0.39 is 0 Å². The van der Waals surface area contributed by atoms with E-state index in [0.717, 1.165) is 23.3 Å². The van der Waals surface area contributed by atoms with Crippen LogP contribution < -0.4 is 4.74 Å². The molecule has 1 saturated carbocycles. The Balaban J connectivity index is 1.82. The topological polar surface area (TPSA) is 46.5 Å². The van der Waals surface area contributed by atoms with E-state index in [2.05, 4.69) is 0 Å². The molecule has 3 nitrogen and oxygen atoms in total. The van der Waals surface area contributed by atoms with E-state index in [1.54, 1.807) is 0 Å². The highest BCUT2D eigenvalue weighted by molar-refractivity contribution is 5.57. The number of rotatable bonds is 5. The molecule has 21 heavy (non-hydrogen) atoms. The Kier molecular flexibility index (Phi) is 3.76. The minimum atomic E-state index is -0.290. The molecule has 3 rings (SSSR count). The zero-order chi connectivity index (χ0) is 14.7. The van der Waals surface area contributed by atoms with E-state index in [4.69, 9.17) is 4.74 Å². The molecule has 2 aromatic rings. The first kappa shape index (κ1) is 13.8. The molecule has 1 aliphatic carbocycles. The quantitative estimate of drug-likeness (QED) is 0.856. The number of carbonyl (C=O) groups excluding carboxylic acids is 1. The van der Waals surface area contributed by atoms with Gasteiger partial charge in [-0.2, -0.15) is 0 Å². The van der Waals surface area contributed by atoms with E-state index in [1.165, 1.54) is 0 Å². The van der Waals surface area contributed by atoms with Crippen molar-refractivity contribution in [1.29, 1.82) is 0 Å². The fourth-order valence-electron chi connectivity index (χ4n) is 3.01. The summed E-state index contributed by atoms with van der Waals surface area (Å²) in [5.74, 6) is 1.60. The van der Waals surface area contributed by atoms with E-state index >= 15 is 0 Å². The van der Waals surface area contributed by atoms with Gasteiger partial charge >= 0.3 is 0 Å². The fraction of sp³-hybridized carbons (Fsp3) is 0.278. The molecule has 0 atom stereocenters. The molecule has 0 saturated heterocycles. The van der Waals surface area contributed by atoms with Crippen LogP contribution in [0.5, 0.6) is 11.5 Å². The molecule has 0 radical (unpaired) electrons. The summed E-state index contributed by atoms with van der Waals surface area (Å²) < 4.78 is 5.83. The van der Waals surface area contributed by atoms with Gasteiger partial charge in [0.1, 0.15) is 17.8 Å². The second kappa shape index (κ2) is 5.70. The van der Waals surface area contributed by atoms with E-state index in [0.29, 0.717) is 12.8 Å². The van der Waals surface area contributed by atoms with Gasteiger partial charge in [-0.05, 0) is 42.7 Å². The van der Waals surface area contributed by atoms with Crippen molar-refractivity contribution in [3.05, 3.63) is 60.2 Å². The summed E-state index contributed by atoms with van der Waals surface area (Å²) in [6, 6.07) is 17.4. The predicted octanol–water partition coefficient (Wildman–Crippen LogP) is 3.32. The Morgan fingerprint density at radius 3 is 2.48 bits per heavy atom. The van der Waals surface area contributed by atoms with Gasteiger partial charge in [-0.1, -0.05) is 30.3 Å². The van der Waals surface area contributed by atoms with Crippen molar-refractivity contribution in [1.82, 2.24) is 0 Å². The van der Waals surface area contributed by atoms with Crippen LogP contribution in [0.15, 0.2) is 54.6 Å². The maximum Gasteiger partial charge on any atom is 0.127 e. The van der Waals surface area contributed by atoms with Crippen LogP contribution in [0.1, 0.15) is 18.4 Å². The van der Waals surface area contributed by atoms with Gasteiger partial charge in [-0.3, -0.25) is 0 Å². The minimum Gasteiger partial charge on any atom is -0.457 e. The van der Waals surface area contributed by atoms with E-state index in [-0.39, 0.29) is 17.9 Å². The van der Waals surface area contributed by atoms with Crippen molar-refractivity contribution in [2.75, 3.05) is 6.61 Å². The van der Waals surface area contributed by atoms with Gasteiger partial charge in [0.05, 0.1) is 6.61 Å². The Hall–Kier alpha value is -2.13. The second-order valence-corrected chi connectivity index (χ2v) is 5.69. The standard InChI is InChI=1S/C18H18O3/c19-12-14-10-18(11-14,13-20)15-5-4-8-17(9-15)21-16-6-2-1-3-7-16/h1-9,12,14,20H,10-11,13H2. The zero-order valence-corrected chi connectivity index (χ0v) is 11.7. The van der Waals surface area contributed by atoms with E-state index in [1.807, 2.05) is 54.6 Å². The van der Waals surface area contributed by atoms with Gasteiger partial charge in [0, 0.05) is 11.3 Å². The summed E-state index contributed by atoms with van der Waals surface area (Å²) in [5, 5.41) is 9.73. The fourth-order valence-corrected chi connectivity index (χ4v) is 3.01. The van der Waals surface area contributed by atoms with Gasteiger partial charge in [0.15, 0.2) is 0 Å². The van der Waals surface area contributed by atoms with Crippen LogP contribution in [-0.2, 0) is 10.2 Å². The summed E-state index contributed by atoms with van der Waals surface area (Å²) in [6.07, 6.45) is 2.40. The first-order valence-electron chi connectivity index (χ1n) is 7.15. The monoisotopic (exact) mass is 282 g/mol. The number of aliphatic hydroxyl groups is 1. The second-order valence-electron chi connectivity index (χ2n) is 5.69. The molecule has 1 aliphatic rings. The molecule has 108 valence electrons. The normalized spacial score (nSPS) is 24.1. The Morgan fingerprint density at radius 2 is 1.81 bits per heavy atom. The summed E-state index contributed by atoms with van der Waals surface area (Å²) >= 11 is 0. The van der Waals surface area contributed by atoms with E-state index in [9.17, 15) is 9.90 Å². The number of ether oxygens (including phenoxy) is 1. The van der Waals surface area contributed by atoms with Gasteiger partial charge < -0.3 is 14.6 Å². The molecule has 0 amide bonds. The number of hydrogen-bond acceptors (Lipinski definition) is 3. The van der Waals surface area contributed by atoms with Crippen molar-refractivity contribution < 1.29 is 14.6 Å². The lowest BCUT2D eigenvalue weighted by Gasteiger charge is -2.45. The smallest absolute Gasteiger partial charge is 0.127 e. The molecule has 1 fully saturated rings. The van der Waals surface area contributed by atoms with Crippen LogP contribution in [0.2, 0.25) is 0 Å². The van der Waals surface area contributed by atoms with Crippen LogP contribution in [-0.4, -0.2) is 18.0 Å². The maximum atomic E-state index is 10.8. The number of carbonyl (C=O) groups is 1. The molecule has 0 spiro atoms. The van der Waals surface area contributed by atoms with Gasteiger partial charge in [0.25, 0.3) is 0 Å². The van der Waals surface area contributed by atoms with Crippen molar-refractivity contribution in [2.45, 2.75) is 18.3 Å². The van der Waals surface area contributed by atoms with Crippen molar-refractivity contribution >= 4 is 6.29 Å². The molecule has 0 heterocycles. The molecule has 1 N–H and O–H groups in total. The zero-order valence-electron chi connectivity index (χ0n) is 11.7. The number of hydrogen-bond donors (Lipinski definition) is 1. The van der Waals surface area contributed by atoms with Gasteiger partial charge in [-0.25, -0.2) is 0 Å². The summed E-state index contributed by atoms with van der Waals surface area (Å²) in [4.78, 5) is 10.8. The van der Waals surface area contributed by atoms with Crippen LogP contribution in [0.4, 0.5) is 0 Å². The Bertz CT molecular complexity index is 615. The number of benzene rings is 2. The number of para-hydroxylation sites is 1. The van der Waals surface area contributed by atoms with Gasteiger partial charge in [-0.15, -0.1) is 0 Å². The Labute approximate surface area is 124 Å². The first-order chi connectivity index (χ1) is 10.3. The number of aldehydes is 1. The summed E-state index contributed by atoms with van der Waals surface area (Å²) in [5.41, 5.74) is 0.748. The summed E-state index contributed by atoms with van der Waals surface area (Å²) in [6.45, 7) is 0.0616. The molecule has 3 heteroatoms. The van der Waals surface area contributed by atoms with Crippen LogP contribution in [0.25, 0.3) is 0 Å². The molecule has 0 aromatic heterocycles. The first-order valence-corrected chi connectivity index (χ1v) is 7.15. The van der Waals surface area contributed by atoms with Crippen molar-refractivity contribution in [3.63, 3.8) is 0 Å². The third-order valence-corrected chi connectivity index (χ3v) is 4.23.